The molecule has 0 aliphatic heterocycles. The maximum absolute atomic E-state index is 13.1. The van der Waals surface area contributed by atoms with Gasteiger partial charge in [0.15, 0.2) is 12.2 Å². The van der Waals surface area contributed by atoms with Crippen LogP contribution in [0.3, 0.4) is 0 Å². The molecule has 0 amide bonds. The summed E-state index contributed by atoms with van der Waals surface area (Å²) in [5, 5.41) is 10.6. The first-order valence-corrected chi connectivity index (χ1v) is 42.0. The van der Waals surface area contributed by atoms with Crippen molar-refractivity contribution in [3.05, 3.63) is 0 Å². The Morgan fingerprint density at radius 2 is 0.489 bits per heavy atom. The van der Waals surface area contributed by atoms with E-state index < -0.39 is 97.5 Å². The highest BCUT2D eigenvalue weighted by Crippen LogP contribution is 2.45. The highest BCUT2D eigenvalue weighted by atomic mass is 31.2. The number of carbonyl (C=O) groups is 4. The lowest BCUT2D eigenvalue weighted by Gasteiger charge is -2.21. The Kier molecular flexibility index (Phi) is 65.5. The third kappa shape index (κ3) is 68.6. The molecule has 17 nitrogen and oxygen atoms in total. The van der Waals surface area contributed by atoms with Gasteiger partial charge in [0.25, 0.3) is 0 Å². The summed E-state index contributed by atoms with van der Waals surface area (Å²) >= 11 is 0. The van der Waals surface area contributed by atoms with E-state index in [0.717, 1.165) is 102 Å². The molecule has 19 heteroatoms. The normalized spacial score (nSPS) is 14.0. The van der Waals surface area contributed by atoms with Gasteiger partial charge in [-0.1, -0.05) is 337 Å². The van der Waals surface area contributed by atoms with E-state index in [9.17, 15) is 43.2 Å². The van der Waals surface area contributed by atoms with Gasteiger partial charge in [-0.15, -0.1) is 0 Å². The molecule has 0 aromatic heterocycles. The van der Waals surface area contributed by atoms with E-state index in [4.69, 9.17) is 37.0 Å². The van der Waals surface area contributed by atoms with E-state index in [0.29, 0.717) is 25.7 Å². The molecule has 0 fully saturated rings. The molecule has 558 valence electrons. The number of hydrogen-bond donors (Lipinski definition) is 3. The Balaban J connectivity index is 5.24. The van der Waals surface area contributed by atoms with Crippen molar-refractivity contribution in [2.24, 2.45) is 11.8 Å². The fraction of sp³-hybridized carbons (Fsp3) is 0.947. The van der Waals surface area contributed by atoms with Crippen molar-refractivity contribution >= 4 is 39.5 Å². The van der Waals surface area contributed by atoms with E-state index >= 15 is 0 Å². The van der Waals surface area contributed by atoms with Crippen molar-refractivity contribution in [3.8, 4) is 0 Å². The van der Waals surface area contributed by atoms with E-state index in [1.807, 2.05) is 0 Å². The van der Waals surface area contributed by atoms with Crippen LogP contribution in [-0.4, -0.2) is 96.7 Å². The first kappa shape index (κ1) is 92.1. The van der Waals surface area contributed by atoms with Crippen LogP contribution in [0.15, 0.2) is 0 Å². The second-order valence-electron chi connectivity index (χ2n) is 28.0. The van der Waals surface area contributed by atoms with E-state index in [1.165, 1.54) is 205 Å². The van der Waals surface area contributed by atoms with Gasteiger partial charge in [0.2, 0.25) is 0 Å². The van der Waals surface area contributed by atoms with Crippen molar-refractivity contribution < 1.29 is 80.2 Å². The fourth-order valence-corrected chi connectivity index (χ4v) is 13.1. The molecule has 0 rings (SSSR count). The Morgan fingerprint density at radius 3 is 0.723 bits per heavy atom. The minimum atomic E-state index is -4.96. The zero-order chi connectivity index (χ0) is 69.3. The van der Waals surface area contributed by atoms with Crippen LogP contribution in [0.4, 0.5) is 0 Å². The molecule has 0 heterocycles. The zero-order valence-electron chi connectivity index (χ0n) is 61.3. The molecule has 0 radical (unpaired) electrons. The predicted octanol–water partition coefficient (Wildman–Crippen LogP) is 21.9. The average molecular weight is 1380 g/mol. The minimum absolute atomic E-state index is 0.106. The lowest BCUT2D eigenvalue weighted by Crippen LogP contribution is -2.30. The van der Waals surface area contributed by atoms with Gasteiger partial charge in [0, 0.05) is 25.7 Å². The van der Waals surface area contributed by atoms with Crippen molar-refractivity contribution in [2.75, 3.05) is 39.6 Å². The molecule has 0 aliphatic carbocycles. The van der Waals surface area contributed by atoms with Crippen LogP contribution >= 0.6 is 15.6 Å². The summed E-state index contributed by atoms with van der Waals surface area (Å²) in [6.45, 7) is 9.59. The van der Waals surface area contributed by atoms with Gasteiger partial charge >= 0.3 is 39.5 Å². The number of aliphatic hydroxyl groups is 1. The molecule has 0 aliphatic rings. The Morgan fingerprint density at radius 1 is 0.287 bits per heavy atom. The second kappa shape index (κ2) is 66.9. The molecule has 2 unspecified atom stereocenters. The summed E-state index contributed by atoms with van der Waals surface area (Å²) in [6.07, 6.45) is 54.0. The third-order valence-electron chi connectivity index (χ3n) is 17.5. The fourth-order valence-electron chi connectivity index (χ4n) is 11.5. The van der Waals surface area contributed by atoms with Gasteiger partial charge < -0.3 is 33.8 Å². The van der Waals surface area contributed by atoms with Gasteiger partial charge in [0.1, 0.15) is 19.3 Å². The monoisotopic (exact) mass is 1380 g/mol. The number of phosphoric acid groups is 2. The average Bonchev–Trinajstić information content (AvgIpc) is 1.33. The van der Waals surface area contributed by atoms with Crippen LogP contribution in [-0.2, 0) is 65.4 Å². The highest BCUT2D eigenvalue weighted by molar-refractivity contribution is 7.47. The first-order chi connectivity index (χ1) is 45.4. The molecule has 5 atom stereocenters. The van der Waals surface area contributed by atoms with E-state index in [2.05, 4.69) is 41.5 Å². The molecule has 0 spiro atoms. The second-order valence-corrected chi connectivity index (χ2v) is 30.9. The van der Waals surface area contributed by atoms with Gasteiger partial charge in [-0.05, 0) is 37.5 Å². The Hall–Kier alpha value is -1.94. The molecule has 0 saturated heterocycles. The molecular weight excluding hydrogens is 1230 g/mol. The van der Waals surface area contributed by atoms with Crippen molar-refractivity contribution in [3.63, 3.8) is 0 Å². The largest absolute Gasteiger partial charge is 0.472 e. The predicted molar refractivity (Wildman–Crippen MR) is 381 cm³/mol. The first-order valence-electron chi connectivity index (χ1n) is 39.0. The molecule has 0 saturated carbocycles. The maximum Gasteiger partial charge on any atom is 0.472 e. The zero-order valence-corrected chi connectivity index (χ0v) is 63.1. The van der Waals surface area contributed by atoms with Crippen molar-refractivity contribution in [1.82, 2.24) is 0 Å². The van der Waals surface area contributed by atoms with Crippen molar-refractivity contribution in [1.29, 1.82) is 0 Å². The van der Waals surface area contributed by atoms with Gasteiger partial charge in [-0.2, -0.15) is 0 Å². The summed E-state index contributed by atoms with van der Waals surface area (Å²) < 4.78 is 68.5. The van der Waals surface area contributed by atoms with Crippen LogP contribution < -0.4 is 0 Å². The van der Waals surface area contributed by atoms with Gasteiger partial charge in [-0.25, -0.2) is 9.13 Å². The van der Waals surface area contributed by atoms with Crippen LogP contribution in [0, 0.1) is 11.8 Å². The number of unbranched alkanes of at least 4 members (excludes halogenated alkanes) is 44. The number of hydrogen-bond acceptors (Lipinski definition) is 15. The number of rotatable bonds is 74. The number of ether oxygens (including phenoxy) is 4. The summed E-state index contributed by atoms with van der Waals surface area (Å²) in [7, 11) is -9.91. The molecule has 94 heavy (non-hydrogen) atoms. The van der Waals surface area contributed by atoms with E-state index in [1.54, 1.807) is 0 Å². The molecule has 0 bridgehead atoms. The van der Waals surface area contributed by atoms with E-state index in [-0.39, 0.29) is 25.7 Å². The van der Waals surface area contributed by atoms with Crippen molar-refractivity contribution in [2.45, 2.75) is 407 Å². The third-order valence-corrected chi connectivity index (χ3v) is 19.4. The van der Waals surface area contributed by atoms with Gasteiger partial charge in [-0.3, -0.25) is 37.3 Å². The van der Waals surface area contributed by atoms with Crippen LogP contribution in [0.2, 0.25) is 0 Å². The quantitative estimate of drug-likeness (QED) is 0.0222. The Bertz CT molecular complexity index is 1820. The standard InChI is InChI=1S/C75H146O17P2/c1-7-9-11-13-15-17-19-23-28-34-40-46-52-58-73(78)86-63-70(91-74(79)59-53-47-41-35-29-25-22-20-21-24-27-31-37-43-49-55-67(3)4)65-89-93(81,82)87-61-69(76)62-88-94(83,84)90-66-71(64-85-72(77)57-51-45-39-33-26-18-16-14-12-10-8-2)92-75(80)60-54-48-42-36-30-32-38-44-50-56-68(5)6/h67-71,76H,7-66H2,1-6H3,(H,81,82)(H,83,84)/t69-,70-,71-/m1/s1. The van der Waals surface area contributed by atoms with Gasteiger partial charge in [0.05, 0.1) is 26.4 Å². The Labute approximate surface area is 575 Å². The molecule has 3 N–H and O–H groups in total. The van der Waals surface area contributed by atoms with Crippen LogP contribution in [0.5, 0.6) is 0 Å². The summed E-state index contributed by atoms with van der Waals surface area (Å²) in [6, 6.07) is 0. The van der Waals surface area contributed by atoms with Crippen LogP contribution in [0.25, 0.3) is 0 Å². The minimum Gasteiger partial charge on any atom is -0.462 e. The summed E-state index contributed by atoms with van der Waals surface area (Å²) in [5.41, 5.74) is 0. The molecule has 0 aromatic rings. The highest BCUT2D eigenvalue weighted by Gasteiger charge is 2.30. The number of aliphatic hydroxyl groups excluding tert-OH is 1. The summed E-state index contributed by atoms with van der Waals surface area (Å²) in [5.74, 6) is -0.576. The SMILES string of the molecule is CCCCCCCCCCCCCCCC(=O)OC[C@H](COP(=O)(O)OC[C@@H](O)COP(=O)(O)OC[C@@H](COC(=O)CCCCCCCCCCCCC)OC(=O)CCCCCCCCCCCC(C)C)OC(=O)CCCCCCCCCCCCCCCCCC(C)C. The smallest absolute Gasteiger partial charge is 0.462 e. The number of esters is 4. The topological polar surface area (TPSA) is 237 Å². The summed E-state index contributed by atoms with van der Waals surface area (Å²) in [4.78, 5) is 72.8. The lowest BCUT2D eigenvalue weighted by molar-refractivity contribution is -0.161. The number of phosphoric ester groups is 2. The molecule has 0 aromatic carbocycles. The molecular formula is C75H146O17P2. The maximum atomic E-state index is 13.1. The lowest BCUT2D eigenvalue weighted by atomic mass is 10.0. The number of carbonyl (C=O) groups excluding carboxylic acids is 4. The van der Waals surface area contributed by atoms with Crippen LogP contribution in [0.1, 0.15) is 388 Å².